The van der Waals surface area contributed by atoms with Gasteiger partial charge in [-0.3, -0.25) is 9.36 Å². The van der Waals surface area contributed by atoms with E-state index in [0.29, 0.717) is 28.6 Å². The molecule has 10 heteroatoms. The number of pyridine rings is 1. The first-order chi connectivity index (χ1) is 17.5. The Morgan fingerprint density at radius 2 is 1.92 bits per heavy atom. The largest absolute Gasteiger partial charge is 0.384 e. The van der Waals surface area contributed by atoms with Gasteiger partial charge in [-0.1, -0.05) is 18.2 Å². The van der Waals surface area contributed by atoms with E-state index in [9.17, 15) is 4.79 Å². The molecule has 6 aromatic rings. The number of fused-ring (bicyclic) bond motifs is 2. The van der Waals surface area contributed by atoms with Crippen LogP contribution in [0.4, 0.5) is 11.6 Å². The first-order valence-electron chi connectivity index (χ1n) is 11.5. The topological polar surface area (TPSA) is 132 Å². The second-order valence-electron chi connectivity index (χ2n) is 8.61. The number of aromatic nitrogens is 7. The van der Waals surface area contributed by atoms with Gasteiger partial charge in [-0.15, -0.1) is 0 Å². The van der Waals surface area contributed by atoms with Gasteiger partial charge in [0.15, 0.2) is 5.82 Å². The van der Waals surface area contributed by atoms with Gasteiger partial charge in [-0.2, -0.15) is 5.10 Å². The number of para-hydroxylation sites is 1. The zero-order valence-electron chi connectivity index (χ0n) is 19.7. The quantitative estimate of drug-likeness (QED) is 0.343. The third-order valence-corrected chi connectivity index (χ3v) is 6.23. The maximum Gasteiger partial charge on any atom is 0.282 e. The summed E-state index contributed by atoms with van der Waals surface area (Å²) < 4.78 is 3.29. The average molecular weight is 478 g/mol. The van der Waals surface area contributed by atoms with Crippen LogP contribution in [-0.4, -0.2) is 34.1 Å². The minimum Gasteiger partial charge on any atom is -0.384 e. The number of nitrogen functional groups attached to an aromatic ring is 1. The number of nitrogens with zero attached hydrogens (tertiary/aromatic N) is 6. The summed E-state index contributed by atoms with van der Waals surface area (Å²) in [4.78, 5) is 29.9. The van der Waals surface area contributed by atoms with Gasteiger partial charge in [0.1, 0.15) is 29.1 Å². The zero-order valence-corrected chi connectivity index (χ0v) is 19.7. The van der Waals surface area contributed by atoms with Gasteiger partial charge in [-0.25, -0.2) is 19.5 Å². The van der Waals surface area contributed by atoms with Crippen LogP contribution < -0.4 is 16.6 Å². The van der Waals surface area contributed by atoms with Crippen LogP contribution in [0.5, 0.6) is 0 Å². The van der Waals surface area contributed by atoms with E-state index >= 15 is 0 Å². The number of benzene rings is 1. The Hall–Kier alpha value is -4.99. The normalized spacial score (nSPS) is 12.3. The number of nitrogens with one attached hydrogen (secondary N) is 2. The summed E-state index contributed by atoms with van der Waals surface area (Å²) in [5.74, 6) is 1.58. The van der Waals surface area contributed by atoms with Crippen LogP contribution in [0.15, 0.2) is 78.2 Å². The second-order valence-corrected chi connectivity index (χ2v) is 8.61. The predicted molar refractivity (Wildman–Crippen MR) is 139 cm³/mol. The van der Waals surface area contributed by atoms with Crippen LogP contribution in [0.25, 0.3) is 33.4 Å². The molecule has 0 aliphatic carbocycles. The highest BCUT2D eigenvalue weighted by atomic mass is 16.1. The molecule has 178 valence electrons. The third-order valence-electron chi connectivity index (χ3n) is 6.23. The number of aryl methyl sites for hydroxylation is 1. The number of aromatic amines is 1. The van der Waals surface area contributed by atoms with Gasteiger partial charge in [-0.05, 0) is 55.3 Å². The molecule has 4 N–H and O–H groups in total. The molecular weight excluding hydrogens is 454 g/mol. The van der Waals surface area contributed by atoms with Crippen LogP contribution in [0.3, 0.4) is 0 Å². The van der Waals surface area contributed by atoms with E-state index in [1.807, 2.05) is 62.5 Å². The fraction of sp³-hybridized carbons (Fsp3) is 0.115. The van der Waals surface area contributed by atoms with E-state index in [1.54, 1.807) is 27.5 Å². The van der Waals surface area contributed by atoms with Crippen molar-refractivity contribution in [3.63, 3.8) is 0 Å². The fourth-order valence-electron chi connectivity index (χ4n) is 4.52. The third kappa shape index (κ3) is 3.47. The number of hydrogen-bond donors (Lipinski definition) is 3. The average Bonchev–Trinajstić information content (AvgIpc) is 3.49. The molecule has 6 rings (SSSR count). The smallest absolute Gasteiger partial charge is 0.282 e. The first kappa shape index (κ1) is 21.5. The van der Waals surface area contributed by atoms with E-state index in [1.165, 1.54) is 6.33 Å². The van der Waals surface area contributed by atoms with Crippen molar-refractivity contribution >= 4 is 28.2 Å². The lowest BCUT2D eigenvalue weighted by Gasteiger charge is -2.20. The van der Waals surface area contributed by atoms with Gasteiger partial charge in [0.05, 0.1) is 17.1 Å². The fourth-order valence-corrected chi connectivity index (χ4v) is 4.52. The highest BCUT2D eigenvalue weighted by molar-refractivity contribution is 6.01. The van der Waals surface area contributed by atoms with E-state index < -0.39 is 0 Å². The van der Waals surface area contributed by atoms with Gasteiger partial charge in [0.2, 0.25) is 0 Å². The Morgan fingerprint density at radius 3 is 2.72 bits per heavy atom. The molecule has 1 atom stereocenters. The lowest BCUT2D eigenvalue weighted by molar-refractivity contribution is 0.673. The molecule has 1 unspecified atom stereocenters. The van der Waals surface area contributed by atoms with E-state index in [2.05, 4.69) is 25.3 Å². The van der Waals surface area contributed by atoms with Gasteiger partial charge in [0.25, 0.3) is 5.56 Å². The monoisotopic (exact) mass is 477 g/mol. The van der Waals surface area contributed by atoms with Crippen molar-refractivity contribution in [1.29, 1.82) is 0 Å². The second kappa shape index (κ2) is 8.35. The summed E-state index contributed by atoms with van der Waals surface area (Å²) in [5.41, 5.74) is 10.4. The lowest BCUT2D eigenvalue weighted by atomic mass is 10.1. The Bertz CT molecular complexity index is 1780. The van der Waals surface area contributed by atoms with Crippen LogP contribution >= 0.6 is 0 Å². The summed E-state index contributed by atoms with van der Waals surface area (Å²) in [5, 5.41) is 9.10. The molecule has 0 bridgehead atoms. The molecule has 0 amide bonds. The van der Waals surface area contributed by atoms with Crippen molar-refractivity contribution in [3.05, 3.63) is 95.2 Å². The van der Waals surface area contributed by atoms with Gasteiger partial charge in [0, 0.05) is 24.2 Å². The van der Waals surface area contributed by atoms with Crippen LogP contribution in [0, 0.1) is 6.92 Å². The lowest BCUT2D eigenvalue weighted by Crippen LogP contribution is -2.29. The van der Waals surface area contributed by atoms with Crippen LogP contribution in [-0.2, 0) is 0 Å². The Labute approximate surface area is 205 Å². The zero-order chi connectivity index (χ0) is 24.8. The molecular formula is C26H23N9O. The van der Waals surface area contributed by atoms with Gasteiger partial charge < -0.3 is 16.0 Å². The molecule has 1 aromatic carbocycles. The molecule has 0 saturated carbocycles. The SMILES string of the molecule is Cc1ccn2nc(C(C)Nc3ncnc4[nH]cc(-c5ccnc(N)c5)c34)n(-c3ccccc3)c(=O)c12. The van der Waals surface area contributed by atoms with Crippen molar-refractivity contribution in [2.75, 3.05) is 11.1 Å². The van der Waals surface area contributed by atoms with E-state index in [4.69, 9.17) is 10.8 Å². The minimum atomic E-state index is -0.381. The summed E-state index contributed by atoms with van der Waals surface area (Å²) in [6.07, 6.45) is 6.84. The van der Waals surface area contributed by atoms with Crippen LogP contribution in [0.1, 0.15) is 24.4 Å². The molecule has 36 heavy (non-hydrogen) atoms. The molecule has 0 aliphatic heterocycles. The predicted octanol–water partition coefficient (Wildman–Crippen LogP) is 3.88. The summed E-state index contributed by atoms with van der Waals surface area (Å²) >= 11 is 0. The van der Waals surface area contributed by atoms with Crippen molar-refractivity contribution in [3.8, 4) is 16.8 Å². The maximum absolute atomic E-state index is 13.7. The molecule has 0 radical (unpaired) electrons. The summed E-state index contributed by atoms with van der Waals surface area (Å²) in [6.45, 7) is 3.86. The van der Waals surface area contributed by atoms with Gasteiger partial charge >= 0.3 is 0 Å². The van der Waals surface area contributed by atoms with Crippen molar-refractivity contribution in [2.24, 2.45) is 0 Å². The number of rotatable bonds is 5. The molecule has 0 aliphatic rings. The number of nitrogens with two attached hydrogens (primary N) is 1. The highest BCUT2D eigenvalue weighted by Crippen LogP contribution is 2.33. The summed E-state index contributed by atoms with van der Waals surface area (Å²) in [7, 11) is 0. The van der Waals surface area contributed by atoms with Crippen LogP contribution in [0.2, 0.25) is 0 Å². The van der Waals surface area contributed by atoms with E-state index in [0.717, 1.165) is 27.8 Å². The number of anilines is 2. The molecule has 10 nitrogen and oxygen atoms in total. The summed E-state index contributed by atoms with van der Waals surface area (Å²) in [6, 6.07) is 14.7. The molecule has 5 aromatic heterocycles. The van der Waals surface area contributed by atoms with Crippen molar-refractivity contribution in [1.82, 2.24) is 34.1 Å². The highest BCUT2D eigenvalue weighted by Gasteiger charge is 2.22. The Balaban J connectivity index is 1.50. The Kier molecular flexibility index (Phi) is 4.99. The maximum atomic E-state index is 13.7. The Morgan fingerprint density at radius 1 is 1.08 bits per heavy atom. The standard InChI is InChI=1S/C26H23N9O/c1-15-9-11-34-22(15)26(36)35(18-6-4-3-5-7-18)25(33-34)16(2)32-24-21-19(13-29-23(21)30-14-31-24)17-8-10-28-20(27)12-17/h3-14,16H,1-2H3,(H2,27,28)(H2,29,30,31,32). The van der Waals surface area contributed by atoms with Crippen molar-refractivity contribution in [2.45, 2.75) is 19.9 Å². The van der Waals surface area contributed by atoms with Crippen molar-refractivity contribution < 1.29 is 0 Å². The molecule has 0 spiro atoms. The van der Waals surface area contributed by atoms with E-state index in [-0.39, 0.29) is 11.6 Å². The molecule has 0 saturated heterocycles. The molecule has 5 heterocycles. The number of hydrogen-bond acceptors (Lipinski definition) is 7. The minimum absolute atomic E-state index is 0.134. The molecule has 0 fully saturated rings. The first-order valence-corrected chi connectivity index (χ1v) is 11.5. The number of H-pyrrole nitrogens is 1.